The summed E-state index contributed by atoms with van der Waals surface area (Å²) in [6, 6.07) is 11.1. The molecular formula is C16H17Cl2NO2. The number of hydrogen-bond donors (Lipinski definition) is 1. The van der Waals surface area contributed by atoms with Crippen molar-refractivity contribution in [3.05, 3.63) is 57.6 Å². The largest absolute Gasteiger partial charge is 0.493 e. The zero-order chi connectivity index (χ0) is 15.2. The highest BCUT2D eigenvalue weighted by atomic mass is 35.5. The van der Waals surface area contributed by atoms with Gasteiger partial charge in [-0.05, 0) is 31.3 Å². The monoisotopic (exact) mass is 325 g/mol. The minimum Gasteiger partial charge on any atom is -0.493 e. The van der Waals surface area contributed by atoms with Gasteiger partial charge < -0.3 is 14.8 Å². The average molecular weight is 326 g/mol. The van der Waals surface area contributed by atoms with Crippen molar-refractivity contribution < 1.29 is 9.47 Å². The molecular weight excluding hydrogens is 309 g/mol. The third-order valence-corrected chi connectivity index (χ3v) is 3.63. The van der Waals surface area contributed by atoms with E-state index in [-0.39, 0.29) is 0 Å². The Labute approximate surface area is 134 Å². The Morgan fingerprint density at radius 2 is 1.90 bits per heavy atom. The van der Waals surface area contributed by atoms with E-state index in [4.69, 9.17) is 32.7 Å². The molecule has 0 unspecified atom stereocenters. The van der Waals surface area contributed by atoms with E-state index in [0.717, 1.165) is 11.1 Å². The molecule has 0 atom stereocenters. The Morgan fingerprint density at radius 1 is 1.10 bits per heavy atom. The van der Waals surface area contributed by atoms with Gasteiger partial charge in [0.25, 0.3) is 0 Å². The summed E-state index contributed by atoms with van der Waals surface area (Å²) in [5.74, 6) is 1.41. The lowest BCUT2D eigenvalue weighted by atomic mass is 10.1. The van der Waals surface area contributed by atoms with Crippen LogP contribution in [0.4, 0.5) is 0 Å². The maximum absolute atomic E-state index is 6.15. The third-order valence-electron chi connectivity index (χ3n) is 3.03. The van der Waals surface area contributed by atoms with Crippen molar-refractivity contribution in [2.75, 3.05) is 14.2 Å². The van der Waals surface area contributed by atoms with Crippen molar-refractivity contribution in [3.63, 3.8) is 0 Å². The summed E-state index contributed by atoms with van der Waals surface area (Å²) in [5, 5.41) is 4.37. The molecule has 0 aliphatic heterocycles. The lowest BCUT2D eigenvalue weighted by Crippen LogP contribution is -2.08. The number of ether oxygens (including phenoxy) is 2. The lowest BCUT2D eigenvalue weighted by Gasteiger charge is -2.15. The predicted molar refractivity (Wildman–Crippen MR) is 86.6 cm³/mol. The van der Waals surface area contributed by atoms with Gasteiger partial charge in [-0.2, -0.15) is 0 Å². The van der Waals surface area contributed by atoms with Crippen LogP contribution >= 0.6 is 23.2 Å². The summed E-state index contributed by atoms with van der Waals surface area (Å²) >= 11 is 12.1. The van der Waals surface area contributed by atoms with Crippen LogP contribution in [0.3, 0.4) is 0 Å². The second-order valence-corrected chi connectivity index (χ2v) is 5.35. The normalized spacial score (nSPS) is 10.5. The van der Waals surface area contributed by atoms with E-state index < -0.39 is 0 Å². The quantitative estimate of drug-likeness (QED) is 0.858. The van der Waals surface area contributed by atoms with Crippen LogP contribution in [-0.4, -0.2) is 14.2 Å². The van der Waals surface area contributed by atoms with E-state index in [9.17, 15) is 0 Å². The summed E-state index contributed by atoms with van der Waals surface area (Å²) in [4.78, 5) is 0. The fraction of sp³-hybridized carbons (Fsp3) is 0.250. The van der Waals surface area contributed by atoms with Gasteiger partial charge in [0.05, 0.1) is 7.11 Å². The van der Waals surface area contributed by atoms with Gasteiger partial charge >= 0.3 is 0 Å². The van der Waals surface area contributed by atoms with Crippen LogP contribution in [0, 0.1) is 0 Å². The van der Waals surface area contributed by atoms with Gasteiger partial charge in [-0.3, -0.25) is 0 Å². The number of rotatable bonds is 6. The highest BCUT2D eigenvalue weighted by Gasteiger charge is 2.11. The number of halogens is 2. The Morgan fingerprint density at radius 3 is 2.62 bits per heavy atom. The van der Waals surface area contributed by atoms with Gasteiger partial charge in [-0.15, -0.1) is 0 Å². The minimum absolute atomic E-state index is 0.330. The van der Waals surface area contributed by atoms with Crippen LogP contribution in [0.5, 0.6) is 11.5 Å². The van der Waals surface area contributed by atoms with Gasteiger partial charge in [0.1, 0.15) is 6.61 Å². The predicted octanol–water partition coefficient (Wildman–Crippen LogP) is 4.30. The molecule has 2 aromatic rings. The molecule has 2 rings (SSSR count). The first-order chi connectivity index (χ1) is 10.2. The molecule has 3 nitrogen and oxygen atoms in total. The summed E-state index contributed by atoms with van der Waals surface area (Å²) < 4.78 is 11.3. The molecule has 5 heteroatoms. The molecule has 0 bridgehead atoms. The van der Waals surface area contributed by atoms with Crippen LogP contribution in [-0.2, 0) is 13.2 Å². The standard InChI is InChI=1S/C16H17Cl2NO2/c1-19-9-11-4-3-5-15(20-2)16(11)21-10-12-8-13(17)6-7-14(12)18/h3-8,19H,9-10H2,1-2H3. The van der Waals surface area contributed by atoms with Crippen LogP contribution in [0.1, 0.15) is 11.1 Å². The van der Waals surface area contributed by atoms with Gasteiger partial charge in [-0.1, -0.05) is 35.3 Å². The molecule has 0 radical (unpaired) electrons. The molecule has 1 N–H and O–H groups in total. The van der Waals surface area contributed by atoms with Gasteiger partial charge in [-0.25, -0.2) is 0 Å². The van der Waals surface area contributed by atoms with Crippen molar-refractivity contribution in [3.8, 4) is 11.5 Å². The van der Waals surface area contributed by atoms with Crippen molar-refractivity contribution in [2.24, 2.45) is 0 Å². The van der Waals surface area contributed by atoms with Gasteiger partial charge in [0, 0.05) is 27.7 Å². The highest BCUT2D eigenvalue weighted by molar-refractivity contribution is 6.33. The SMILES string of the molecule is CNCc1cccc(OC)c1OCc1cc(Cl)ccc1Cl. The average Bonchev–Trinajstić information content (AvgIpc) is 2.49. The van der Waals surface area contributed by atoms with Crippen LogP contribution in [0.2, 0.25) is 10.0 Å². The van der Waals surface area contributed by atoms with Gasteiger partial charge in [0.2, 0.25) is 0 Å². The molecule has 0 fully saturated rings. The van der Waals surface area contributed by atoms with Crippen molar-refractivity contribution in [1.82, 2.24) is 5.32 Å². The third kappa shape index (κ3) is 4.03. The summed E-state index contributed by atoms with van der Waals surface area (Å²) in [6.45, 7) is 1.02. The number of benzene rings is 2. The Hall–Kier alpha value is -1.42. The van der Waals surface area contributed by atoms with Crippen molar-refractivity contribution in [1.29, 1.82) is 0 Å². The maximum atomic E-state index is 6.15. The second kappa shape index (κ2) is 7.55. The highest BCUT2D eigenvalue weighted by Crippen LogP contribution is 2.32. The van der Waals surface area contributed by atoms with Crippen LogP contribution < -0.4 is 14.8 Å². The molecule has 0 saturated carbocycles. The Kier molecular flexibility index (Phi) is 5.74. The molecule has 21 heavy (non-hydrogen) atoms. The smallest absolute Gasteiger partial charge is 0.166 e. The first-order valence-electron chi connectivity index (χ1n) is 6.53. The zero-order valence-electron chi connectivity index (χ0n) is 12.0. The van der Waals surface area contributed by atoms with E-state index in [1.165, 1.54) is 0 Å². The van der Waals surface area contributed by atoms with E-state index in [1.807, 2.05) is 25.2 Å². The summed E-state index contributed by atoms with van der Waals surface area (Å²) in [5.41, 5.74) is 1.86. The lowest BCUT2D eigenvalue weighted by molar-refractivity contribution is 0.281. The van der Waals surface area contributed by atoms with Crippen molar-refractivity contribution >= 4 is 23.2 Å². The van der Waals surface area contributed by atoms with E-state index in [2.05, 4.69) is 5.32 Å². The van der Waals surface area contributed by atoms with Crippen LogP contribution in [0.15, 0.2) is 36.4 Å². The van der Waals surface area contributed by atoms with E-state index in [0.29, 0.717) is 34.7 Å². The summed E-state index contributed by atoms with van der Waals surface area (Å²) in [6.07, 6.45) is 0. The number of para-hydroxylation sites is 1. The molecule has 0 saturated heterocycles. The molecule has 0 amide bonds. The van der Waals surface area contributed by atoms with E-state index >= 15 is 0 Å². The second-order valence-electron chi connectivity index (χ2n) is 4.50. The molecule has 2 aromatic carbocycles. The van der Waals surface area contributed by atoms with Crippen molar-refractivity contribution in [2.45, 2.75) is 13.2 Å². The molecule has 112 valence electrons. The summed E-state index contributed by atoms with van der Waals surface area (Å²) in [7, 11) is 3.51. The van der Waals surface area contributed by atoms with Gasteiger partial charge in [0.15, 0.2) is 11.5 Å². The fourth-order valence-electron chi connectivity index (χ4n) is 2.02. The first kappa shape index (κ1) is 16.0. The molecule has 0 aromatic heterocycles. The molecule has 0 aliphatic rings. The van der Waals surface area contributed by atoms with Crippen LogP contribution in [0.25, 0.3) is 0 Å². The maximum Gasteiger partial charge on any atom is 0.166 e. The zero-order valence-corrected chi connectivity index (χ0v) is 13.5. The molecule has 0 spiro atoms. The number of hydrogen-bond acceptors (Lipinski definition) is 3. The molecule has 0 aliphatic carbocycles. The number of methoxy groups -OCH3 is 1. The first-order valence-corrected chi connectivity index (χ1v) is 7.28. The minimum atomic E-state index is 0.330. The Bertz CT molecular complexity index is 617. The van der Waals surface area contributed by atoms with E-state index in [1.54, 1.807) is 25.3 Å². The molecule has 0 heterocycles. The fourth-order valence-corrected chi connectivity index (χ4v) is 2.39. The number of nitrogens with one attached hydrogen (secondary N) is 1. The Balaban J connectivity index is 2.24. The topological polar surface area (TPSA) is 30.5 Å².